The summed E-state index contributed by atoms with van der Waals surface area (Å²) in [6.07, 6.45) is 3.63. The Labute approximate surface area is 113 Å². The Morgan fingerprint density at radius 2 is 2.32 bits per heavy atom. The number of ether oxygens (including phenoxy) is 2. The van der Waals surface area contributed by atoms with Crippen LogP contribution in [0.4, 0.5) is 0 Å². The lowest BCUT2D eigenvalue weighted by Gasteiger charge is -2.36. The Morgan fingerprint density at radius 1 is 1.53 bits per heavy atom. The number of hydrogen-bond donors (Lipinski definition) is 0. The molecule has 2 bridgehead atoms. The van der Waals surface area contributed by atoms with Crippen molar-refractivity contribution in [2.24, 2.45) is 23.2 Å². The number of carbonyl (C=O) groups is 2. The molecule has 106 valence electrons. The second kappa shape index (κ2) is 4.58. The molecule has 0 aromatic carbocycles. The van der Waals surface area contributed by atoms with E-state index in [0.717, 1.165) is 25.7 Å². The van der Waals surface area contributed by atoms with Gasteiger partial charge in [-0.05, 0) is 31.6 Å². The van der Waals surface area contributed by atoms with Crippen LogP contribution in [0.2, 0.25) is 0 Å². The Morgan fingerprint density at radius 3 is 2.89 bits per heavy atom. The van der Waals surface area contributed by atoms with Crippen molar-refractivity contribution in [3.05, 3.63) is 0 Å². The summed E-state index contributed by atoms with van der Waals surface area (Å²) >= 11 is 0. The van der Waals surface area contributed by atoms with Crippen LogP contribution in [-0.4, -0.2) is 31.1 Å². The van der Waals surface area contributed by atoms with Gasteiger partial charge >= 0.3 is 5.97 Å². The monoisotopic (exact) mass is 266 g/mol. The molecule has 2 aliphatic carbocycles. The summed E-state index contributed by atoms with van der Waals surface area (Å²) in [6, 6.07) is 0. The zero-order valence-corrected chi connectivity index (χ0v) is 11.7. The third kappa shape index (κ3) is 1.92. The van der Waals surface area contributed by atoms with Gasteiger partial charge in [-0.1, -0.05) is 13.8 Å². The minimum atomic E-state index is -0.330. The Hall–Kier alpha value is -0.900. The topological polar surface area (TPSA) is 52.6 Å². The van der Waals surface area contributed by atoms with E-state index in [4.69, 9.17) is 9.47 Å². The van der Waals surface area contributed by atoms with Crippen molar-refractivity contribution < 1.29 is 19.1 Å². The highest BCUT2D eigenvalue weighted by atomic mass is 16.5. The minimum Gasteiger partial charge on any atom is -0.462 e. The van der Waals surface area contributed by atoms with E-state index in [2.05, 4.69) is 0 Å². The number of ketones is 1. The van der Waals surface area contributed by atoms with E-state index in [1.807, 2.05) is 13.8 Å². The summed E-state index contributed by atoms with van der Waals surface area (Å²) in [5.41, 5.74) is -0.330. The predicted molar refractivity (Wildman–Crippen MR) is 68.4 cm³/mol. The Kier molecular flexibility index (Phi) is 3.16. The molecule has 0 aromatic rings. The predicted octanol–water partition coefficient (Wildman–Crippen LogP) is 1.96. The van der Waals surface area contributed by atoms with Crippen LogP contribution in [0.5, 0.6) is 0 Å². The SMILES string of the molecule is CCC(C)C(=O)OC1CC2CC1C1(COCC1=O)C2. The van der Waals surface area contributed by atoms with Crippen LogP contribution in [0.15, 0.2) is 0 Å². The molecular weight excluding hydrogens is 244 g/mol. The van der Waals surface area contributed by atoms with Crippen LogP contribution in [0.1, 0.15) is 39.5 Å². The molecule has 0 N–H and O–H groups in total. The lowest BCUT2D eigenvalue weighted by atomic mass is 9.70. The molecular formula is C15H22O4. The van der Waals surface area contributed by atoms with Gasteiger partial charge in [0.25, 0.3) is 0 Å². The average Bonchev–Trinajstić information content (AvgIpc) is 3.05. The molecule has 5 atom stereocenters. The zero-order valence-electron chi connectivity index (χ0n) is 11.7. The van der Waals surface area contributed by atoms with E-state index < -0.39 is 0 Å². The third-order valence-corrected chi connectivity index (χ3v) is 5.39. The maximum absolute atomic E-state index is 12.1. The highest BCUT2D eigenvalue weighted by Gasteiger charge is 2.62. The molecule has 2 saturated carbocycles. The minimum absolute atomic E-state index is 0.0504. The van der Waals surface area contributed by atoms with E-state index in [1.54, 1.807) is 0 Å². The van der Waals surface area contributed by atoms with Gasteiger partial charge in [0.1, 0.15) is 12.7 Å². The highest BCUT2D eigenvalue weighted by Crippen LogP contribution is 2.58. The van der Waals surface area contributed by atoms with Crippen LogP contribution in [-0.2, 0) is 19.1 Å². The third-order valence-electron chi connectivity index (χ3n) is 5.39. The molecule has 1 heterocycles. The van der Waals surface area contributed by atoms with E-state index in [0.29, 0.717) is 12.5 Å². The summed E-state index contributed by atoms with van der Waals surface area (Å²) in [5.74, 6) is 0.794. The number of Topliss-reactive ketones (excluding diaryl/α,β-unsaturated/α-hetero) is 1. The van der Waals surface area contributed by atoms with Crippen LogP contribution in [0.3, 0.4) is 0 Å². The molecule has 4 nitrogen and oxygen atoms in total. The number of esters is 1. The molecule has 3 aliphatic rings. The molecule has 19 heavy (non-hydrogen) atoms. The van der Waals surface area contributed by atoms with Gasteiger partial charge in [-0.2, -0.15) is 0 Å². The van der Waals surface area contributed by atoms with E-state index in [1.165, 1.54) is 0 Å². The van der Waals surface area contributed by atoms with Crippen molar-refractivity contribution in [1.82, 2.24) is 0 Å². The number of carbonyl (C=O) groups excluding carboxylic acids is 2. The lowest BCUT2D eigenvalue weighted by Crippen LogP contribution is -2.43. The first kappa shape index (κ1) is 13.1. The second-order valence-corrected chi connectivity index (χ2v) is 6.50. The highest BCUT2D eigenvalue weighted by molar-refractivity contribution is 5.88. The quantitative estimate of drug-likeness (QED) is 0.733. The summed E-state index contributed by atoms with van der Waals surface area (Å²) in [7, 11) is 0. The molecule has 1 saturated heterocycles. The van der Waals surface area contributed by atoms with Crippen molar-refractivity contribution in [2.75, 3.05) is 13.2 Å². The average molecular weight is 266 g/mol. The fraction of sp³-hybridized carbons (Fsp3) is 0.867. The molecule has 0 amide bonds. The Balaban J connectivity index is 1.72. The molecule has 5 unspecified atom stereocenters. The van der Waals surface area contributed by atoms with Crippen molar-refractivity contribution in [3.63, 3.8) is 0 Å². The maximum atomic E-state index is 12.1. The molecule has 0 radical (unpaired) electrons. The normalized spacial score (nSPS) is 42.0. The van der Waals surface area contributed by atoms with Gasteiger partial charge in [-0.15, -0.1) is 0 Å². The van der Waals surface area contributed by atoms with Crippen molar-refractivity contribution in [3.8, 4) is 0 Å². The molecule has 0 aromatic heterocycles. The van der Waals surface area contributed by atoms with Gasteiger partial charge in [0.05, 0.1) is 17.9 Å². The van der Waals surface area contributed by atoms with Crippen LogP contribution in [0.25, 0.3) is 0 Å². The summed E-state index contributed by atoms with van der Waals surface area (Å²) in [6.45, 7) is 4.66. The van der Waals surface area contributed by atoms with Crippen molar-refractivity contribution in [1.29, 1.82) is 0 Å². The Bertz CT molecular complexity index is 405. The zero-order chi connectivity index (χ0) is 13.6. The number of hydrogen-bond acceptors (Lipinski definition) is 4. The first-order chi connectivity index (χ1) is 9.06. The van der Waals surface area contributed by atoms with Gasteiger partial charge in [0.15, 0.2) is 5.78 Å². The molecule has 1 spiro atoms. The van der Waals surface area contributed by atoms with Gasteiger partial charge < -0.3 is 9.47 Å². The van der Waals surface area contributed by atoms with E-state index in [9.17, 15) is 9.59 Å². The summed E-state index contributed by atoms with van der Waals surface area (Å²) in [5, 5.41) is 0. The van der Waals surface area contributed by atoms with Gasteiger partial charge in [0.2, 0.25) is 0 Å². The van der Waals surface area contributed by atoms with Gasteiger partial charge in [0, 0.05) is 5.92 Å². The van der Waals surface area contributed by atoms with E-state index in [-0.39, 0.29) is 41.7 Å². The first-order valence-electron chi connectivity index (χ1n) is 7.38. The smallest absolute Gasteiger partial charge is 0.308 e. The van der Waals surface area contributed by atoms with Crippen molar-refractivity contribution >= 4 is 11.8 Å². The first-order valence-corrected chi connectivity index (χ1v) is 7.38. The molecule has 3 fully saturated rings. The van der Waals surface area contributed by atoms with Gasteiger partial charge in [-0.25, -0.2) is 0 Å². The summed E-state index contributed by atoms with van der Waals surface area (Å²) < 4.78 is 11.1. The molecule has 1 aliphatic heterocycles. The molecule has 3 rings (SSSR count). The van der Waals surface area contributed by atoms with Crippen LogP contribution >= 0.6 is 0 Å². The molecule has 4 heteroatoms. The number of fused-ring (bicyclic) bond motifs is 3. The lowest BCUT2D eigenvalue weighted by molar-refractivity contribution is -0.160. The largest absolute Gasteiger partial charge is 0.462 e. The second-order valence-electron chi connectivity index (χ2n) is 6.50. The summed E-state index contributed by atoms with van der Waals surface area (Å²) in [4.78, 5) is 24.1. The standard InChI is InChI=1S/C15H22O4/c1-3-9(2)14(17)19-12-5-10-4-11(12)15(6-10)8-18-7-13(15)16/h9-12H,3-8H2,1-2H3. The maximum Gasteiger partial charge on any atom is 0.308 e. The van der Waals surface area contributed by atoms with Crippen molar-refractivity contribution in [2.45, 2.75) is 45.6 Å². The van der Waals surface area contributed by atoms with Crippen LogP contribution < -0.4 is 0 Å². The van der Waals surface area contributed by atoms with Gasteiger partial charge in [-0.3, -0.25) is 9.59 Å². The fourth-order valence-corrected chi connectivity index (χ4v) is 4.11. The van der Waals surface area contributed by atoms with Crippen LogP contribution in [0, 0.1) is 23.2 Å². The fourth-order valence-electron chi connectivity index (χ4n) is 4.11. The van der Waals surface area contributed by atoms with E-state index >= 15 is 0 Å². The number of rotatable bonds is 3.